The van der Waals surface area contributed by atoms with Gasteiger partial charge in [-0.25, -0.2) is 4.98 Å². The smallest absolute Gasteiger partial charge is 0.270 e. The number of amides is 1. The topological polar surface area (TPSA) is 72.5 Å². The summed E-state index contributed by atoms with van der Waals surface area (Å²) in [5.41, 5.74) is 1.76. The molecule has 2 heterocycles. The zero-order valence-corrected chi connectivity index (χ0v) is 14.1. The van der Waals surface area contributed by atoms with E-state index in [1.165, 1.54) is 0 Å². The van der Waals surface area contributed by atoms with Crippen molar-refractivity contribution in [2.24, 2.45) is 0 Å². The van der Waals surface area contributed by atoms with Crippen molar-refractivity contribution in [1.29, 1.82) is 0 Å². The predicted molar refractivity (Wildman–Crippen MR) is 92.2 cm³/mol. The number of benzene rings is 1. The molecule has 1 amide bonds. The number of nitrogens with zero attached hydrogens (tertiary/aromatic N) is 1. The summed E-state index contributed by atoms with van der Waals surface area (Å²) >= 11 is 0. The molecule has 0 atom stereocenters. The summed E-state index contributed by atoms with van der Waals surface area (Å²) in [4.78, 5) is 16.3. The Balaban J connectivity index is 1.69. The predicted octanol–water partition coefficient (Wildman–Crippen LogP) is 3.12. The summed E-state index contributed by atoms with van der Waals surface area (Å²) in [7, 11) is 0. The minimum absolute atomic E-state index is 0.187. The fourth-order valence-electron chi connectivity index (χ4n) is 2.29. The lowest BCUT2D eigenvalue weighted by atomic mass is 10.1. The molecule has 0 aliphatic carbocycles. The van der Waals surface area contributed by atoms with Crippen molar-refractivity contribution < 1.29 is 14.3 Å². The summed E-state index contributed by atoms with van der Waals surface area (Å²) < 4.78 is 11.1. The maximum atomic E-state index is 12.1. The number of hydrogen-bond donors (Lipinski definition) is 2. The molecule has 0 unspecified atom stereocenters. The maximum Gasteiger partial charge on any atom is 0.270 e. The largest absolute Gasteiger partial charge is 0.486 e. The van der Waals surface area contributed by atoms with Gasteiger partial charge in [-0.3, -0.25) is 4.79 Å². The first-order valence-corrected chi connectivity index (χ1v) is 7.86. The fourth-order valence-corrected chi connectivity index (χ4v) is 2.29. The molecular weight excluding hydrogens is 306 g/mol. The van der Waals surface area contributed by atoms with Crippen LogP contribution in [-0.4, -0.2) is 29.6 Å². The molecule has 6 heteroatoms. The van der Waals surface area contributed by atoms with E-state index in [2.05, 4.69) is 15.6 Å². The molecule has 0 saturated carbocycles. The second-order valence-electron chi connectivity index (χ2n) is 6.62. The second kappa shape index (κ2) is 6.39. The van der Waals surface area contributed by atoms with Gasteiger partial charge in [0.25, 0.3) is 5.91 Å². The highest BCUT2D eigenvalue weighted by Gasteiger charge is 2.16. The minimum atomic E-state index is -0.291. The summed E-state index contributed by atoms with van der Waals surface area (Å²) in [6.45, 7) is 6.92. The molecule has 2 aromatic rings. The molecule has 0 spiro atoms. The van der Waals surface area contributed by atoms with Crippen LogP contribution in [0.3, 0.4) is 0 Å². The maximum absolute atomic E-state index is 12.1. The van der Waals surface area contributed by atoms with E-state index in [4.69, 9.17) is 9.47 Å². The van der Waals surface area contributed by atoms with Crippen molar-refractivity contribution >= 4 is 17.3 Å². The number of hydrogen-bond acceptors (Lipinski definition) is 5. The number of aromatic nitrogens is 1. The van der Waals surface area contributed by atoms with Gasteiger partial charge in [-0.05, 0) is 45.0 Å². The van der Waals surface area contributed by atoms with Gasteiger partial charge in [-0.1, -0.05) is 0 Å². The van der Waals surface area contributed by atoms with Crippen LogP contribution in [0.5, 0.6) is 11.5 Å². The van der Waals surface area contributed by atoms with Gasteiger partial charge < -0.3 is 20.1 Å². The Bertz CT molecular complexity index is 736. The van der Waals surface area contributed by atoms with Gasteiger partial charge in [0.05, 0.1) is 11.9 Å². The van der Waals surface area contributed by atoms with E-state index in [0.717, 1.165) is 22.9 Å². The molecular formula is C18H21N3O3. The molecule has 1 aliphatic heterocycles. The van der Waals surface area contributed by atoms with Crippen LogP contribution in [0.15, 0.2) is 36.5 Å². The van der Waals surface area contributed by atoms with E-state index in [-0.39, 0.29) is 11.4 Å². The molecule has 3 rings (SSSR count). The average molecular weight is 327 g/mol. The molecule has 1 aromatic carbocycles. The molecule has 24 heavy (non-hydrogen) atoms. The van der Waals surface area contributed by atoms with E-state index in [1.807, 2.05) is 45.0 Å². The van der Waals surface area contributed by atoms with Crippen LogP contribution in [-0.2, 0) is 0 Å². The Kier molecular flexibility index (Phi) is 4.29. The lowest BCUT2D eigenvalue weighted by Gasteiger charge is -2.20. The lowest BCUT2D eigenvalue weighted by Crippen LogP contribution is -2.40. The van der Waals surface area contributed by atoms with Gasteiger partial charge in [-0.2, -0.15) is 0 Å². The summed E-state index contributed by atoms with van der Waals surface area (Å²) in [5, 5.41) is 6.13. The number of ether oxygens (including phenoxy) is 2. The van der Waals surface area contributed by atoms with E-state index in [0.29, 0.717) is 18.9 Å². The quantitative estimate of drug-likeness (QED) is 0.906. The van der Waals surface area contributed by atoms with Gasteiger partial charge >= 0.3 is 0 Å². The molecule has 1 aromatic heterocycles. The van der Waals surface area contributed by atoms with Gasteiger partial charge in [0.1, 0.15) is 18.9 Å². The third kappa shape index (κ3) is 3.95. The lowest BCUT2D eigenvalue weighted by molar-refractivity contribution is 0.0914. The number of anilines is 2. The Labute approximate surface area is 141 Å². The molecule has 6 nitrogen and oxygen atoms in total. The van der Waals surface area contributed by atoms with Crippen LogP contribution in [0.25, 0.3) is 0 Å². The van der Waals surface area contributed by atoms with E-state index in [9.17, 15) is 4.79 Å². The van der Waals surface area contributed by atoms with Crippen molar-refractivity contribution in [3.63, 3.8) is 0 Å². The molecule has 1 aliphatic rings. The number of nitrogens with one attached hydrogen (secondary N) is 2. The molecule has 126 valence electrons. The zero-order chi connectivity index (χ0) is 17.2. The number of pyridine rings is 1. The van der Waals surface area contributed by atoms with Crippen LogP contribution in [0.1, 0.15) is 31.3 Å². The van der Waals surface area contributed by atoms with Crippen LogP contribution in [0, 0.1) is 0 Å². The molecule has 2 N–H and O–H groups in total. The van der Waals surface area contributed by atoms with Crippen molar-refractivity contribution in [3.05, 3.63) is 42.2 Å². The van der Waals surface area contributed by atoms with Crippen LogP contribution in [0.2, 0.25) is 0 Å². The zero-order valence-electron chi connectivity index (χ0n) is 14.1. The highest BCUT2D eigenvalue weighted by molar-refractivity contribution is 5.93. The van der Waals surface area contributed by atoms with Crippen molar-refractivity contribution in [2.45, 2.75) is 26.3 Å². The number of carbonyl (C=O) groups is 1. The third-order valence-electron chi connectivity index (χ3n) is 3.32. The van der Waals surface area contributed by atoms with E-state index >= 15 is 0 Å². The summed E-state index contributed by atoms with van der Waals surface area (Å²) in [6.07, 6.45) is 1.63. The van der Waals surface area contributed by atoms with Gasteiger partial charge in [0.2, 0.25) is 0 Å². The number of rotatable bonds is 3. The first-order chi connectivity index (χ1) is 11.4. The second-order valence-corrected chi connectivity index (χ2v) is 6.62. The van der Waals surface area contributed by atoms with E-state index in [1.54, 1.807) is 12.3 Å². The van der Waals surface area contributed by atoms with Crippen LogP contribution < -0.4 is 20.1 Å². The molecule has 0 radical (unpaired) electrons. The standard InChI is InChI=1S/C18H21N3O3/c1-18(2,3)21-17(22)14-6-4-13(11-19-14)20-12-5-7-15-16(10-12)24-9-8-23-15/h4-7,10-11,20H,8-9H2,1-3H3,(H,21,22). The Morgan fingerprint density at radius 3 is 2.42 bits per heavy atom. The number of fused-ring (bicyclic) bond motifs is 1. The SMILES string of the molecule is CC(C)(C)NC(=O)c1ccc(Nc2ccc3c(c2)OCCO3)cn1. The monoisotopic (exact) mass is 327 g/mol. The fraction of sp³-hybridized carbons (Fsp3) is 0.333. The van der Waals surface area contributed by atoms with Gasteiger partial charge in [0, 0.05) is 17.3 Å². The molecule has 0 saturated heterocycles. The molecule has 0 bridgehead atoms. The van der Waals surface area contributed by atoms with Gasteiger partial charge in [0.15, 0.2) is 11.5 Å². The Hall–Kier alpha value is -2.76. The third-order valence-corrected chi connectivity index (χ3v) is 3.32. The summed E-state index contributed by atoms with van der Waals surface area (Å²) in [5.74, 6) is 1.29. The van der Waals surface area contributed by atoms with Crippen LogP contribution >= 0.6 is 0 Å². The Morgan fingerprint density at radius 1 is 1.04 bits per heavy atom. The number of carbonyl (C=O) groups excluding carboxylic acids is 1. The van der Waals surface area contributed by atoms with Crippen LogP contribution in [0.4, 0.5) is 11.4 Å². The van der Waals surface area contributed by atoms with Crippen molar-refractivity contribution in [3.8, 4) is 11.5 Å². The van der Waals surface area contributed by atoms with Crippen molar-refractivity contribution in [1.82, 2.24) is 10.3 Å². The first-order valence-electron chi connectivity index (χ1n) is 7.86. The minimum Gasteiger partial charge on any atom is -0.486 e. The van der Waals surface area contributed by atoms with Crippen molar-refractivity contribution in [2.75, 3.05) is 18.5 Å². The highest BCUT2D eigenvalue weighted by Crippen LogP contribution is 2.33. The molecule has 0 fully saturated rings. The first kappa shape index (κ1) is 16.1. The summed E-state index contributed by atoms with van der Waals surface area (Å²) in [6, 6.07) is 9.18. The normalized spacial score (nSPS) is 13.3. The van der Waals surface area contributed by atoms with E-state index < -0.39 is 0 Å². The highest BCUT2D eigenvalue weighted by atomic mass is 16.6. The van der Waals surface area contributed by atoms with Gasteiger partial charge in [-0.15, -0.1) is 0 Å². The average Bonchev–Trinajstić information content (AvgIpc) is 2.54. The Morgan fingerprint density at radius 2 is 1.75 bits per heavy atom.